The minimum absolute atomic E-state index is 0.221. The van der Waals surface area contributed by atoms with Gasteiger partial charge in [0.2, 0.25) is 5.89 Å². The van der Waals surface area contributed by atoms with Crippen molar-refractivity contribution in [2.45, 2.75) is 0 Å². The molecule has 5 aromatic rings. The zero-order chi connectivity index (χ0) is 18.2. The Morgan fingerprint density at radius 1 is 1.00 bits per heavy atom. The van der Waals surface area contributed by atoms with Crippen molar-refractivity contribution in [3.63, 3.8) is 0 Å². The highest BCUT2D eigenvalue weighted by Gasteiger charge is 2.12. The number of carbonyl (C=O) groups is 1. The van der Waals surface area contributed by atoms with E-state index in [9.17, 15) is 4.79 Å². The van der Waals surface area contributed by atoms with E-state index in [0.29, 0.717) is 33.9 Å². The van der Waals surface area contributed by atoms with Gasteiger partial charge < -0.3 is 9.73 Å². The van der Waals surface area contributed by atoms with Crippen molar-refractivity contribution in [1.29, 1.82) is 0 Å². The summed E-state index contributed by atoms with van der Waals surface area (Å²) >= 11 is 1.12. The SMILES string of the molecule is O=C(Nc1cccc(-c2nc3ncccc3o2)c1)c1ccc2nsnc2c1. The van der Waals surface area contributed by atoms with Crippen LogP contribution in [0.4, 0.5) is 5.69 Å². The fourth-order valence-corrected chi connectivity index (χ4v) is 3.27. The van der Waals surface area contributed by atoms with Gasteiger partial charge in [0.05, 0.1) is 11.7 Å². The Balaban J connectivity index is 1.43. The monoisotopic (exact) mass is 373 g/mol. The molecule has 0 fully saturated rings. The fraction of sp³-hybridized carbons (Fsp3) is 0. The van der Waals surface area contributed by atoms with Gasteiger partial charge in [-0.2, -0.15) is 13.7 Å². The van der Waals surface area contributed by atoms with E-state index in [1.807, 2.05) is 30.3 Å². The molecule has 0 atom stereocenters. The average Bonchev–Trinajstić information content (AvgIpc) is 3.34. The maximum absolute atomic E-state index is 12.6. The standard InChI is InChI=1S/C19H11N5O2S/c25-18(11-6-7-14-15(10-11)24-27-23-14)21-13-4-1-3-12(9-13)19-22-17-16(26-19)5-2-8-20-17/h1-10H,(H,21,25). The summed E-state index contributed by atoms with van der Waals surface area (Å²) in [5.41, 5.74) is 4.57. The van der Waals surface area contributed by atoms with Crippen LogP contribution in [0.15, 0.2) is 65.2 Å². The van der Waals surface area contributed by atoms with Crippen LogP contribution in [-0.4, -0.2) is 24.6 Å². The number of anilines is 1. The molecular weight excluding hydrogens is 362 g/mol. The topological polar surface area (TPSA) is 93.8 Å². The number of fused-ring (bicyclic) bond motifs is 2. The van der Waals surface area contributed by atoms with Crippen LogP contribution in [0.1, 0.15) is 10.4 Å². The van der Waals surface area contributed by atoms with Crippen LogP contribution in [0.2, 0.25) is 0 Å². The smallest absolute Gasteiger partial charge is 0.255 e. The summed E-state index contributed by atoms with van der Waals surface area (Å²) in [5, 5.41) is 2.89. The molecule has 1 N–H and O–H groups in total. The minimum Gasteiger partial charge on any atom is -0.434 e. The van der Waals surface area contributed by atoms with E-state index in [2.05, 4.69) is 24.0 Å². The van der Waals surface area contributed by atoms with E-state index in [4.69, 9.17) is 4.42 Å². The van der Waals surface area contributed by atoms with Crippen molar-refractivity contribution in [3.05, 3.63) is 66.4 Å². The lowest BCUT2D eigenvalue weighted by Crippen LogP contribution is -2.11. The summed E-state index contributed by atoms with van der Waals surface area (Å²) in [6.07, 6.45) is 1.67. The Hall–Kier alpha value is -3.65. The van der Waals surface area contributed by atoms with Gasteiger partial charge in [0, 0.05) is 23.0 Å². The molecule has 3 aromatic heterocycles. The highest BCUT2D eigenvalue weighted by atomic mass is 32.1. The number of amides is 1. The normalized spacial score (nSPS) is 11.1. The Bertz CT molecular complexity index is 1260. The van der Waals surface area contributed by atoms with E-state index in [-0.39, 0.29) is 5.91 Å². The van der Waals surface area contributed by atoms with Gasteiger partial charge in [-0.05, 0) is 48.5 Å². The summed E-state index contributed by atoms with van der Waals surface area (Å²) in [5.74, 6) is 0.232. The molecule has 0 aliphatic carbocycles. The predicted molar refractivity (Wildman–Crippen MR) is 103 cm³/mol. The van der Waals surface area contributed by atoms with Crippen LogP contribution >= 0.6 is 11.7 Å². The highest BCUT2D eigenvalue weighted by Crippen LogP contribution is 2.25. The van der Waals surface area contributed by atoms with Gasteiger partial charge in [0.15, 0.2) is 11.2 Å². The molecule has 0 saturated carbocycles. The van der Waals surface area contributed by atoms with Gasteiger partial charge in [0.25, 0.3) is 5.91 Å². The third-order valence-corrected chi connectivity index (χ3v) is 4.60. The van der Waals surface area contributed by atoms with Crippen LogP contribution in [0.3, 0.4) is 0 Å². The summed E-state index contributed by atoms with van der Waals surface area (Å²) in [6.45, 7) is 0. The van der Waals surface area contributed by atoms with E-state index >= 15 is 0 Å². The largest absolute Gasteiger partial charge is 0.434 e. The second kappa shape index (κ2) is 6.26. The third kappa shape index (κ3) is 2.91. The molecule has 0 unspecified atom stereocenters. The Labute approximate surface area is 157 Å². The highest BCUT2D eigenvalue weighted by molar-refractivity contribution is 7.00. The van der Waals surface area contributed by atoms with Gasteiger partial charge in [-0.3, -0.25) is 4.79 Å². The number of aromatic nitrogens is 4. The van der Waals surface area contributed by atoms with Crippen molar-refractivity contribution in [2.75, 3.05) is 5.32 Å². The number of hydrogen-bond donors (Lipinski definition) is 1. The Kier molecular flexibility index (Phi) is 3.61. The molecule has 0 radical (unpaired) electrons. The molecule has 3 heterocycles. The summed E-state index contributed by atoms with van der Waals surface area (Å²) in [7, 11) is 0. The van der Waals surface area contributed by atoms with Gasteiger partial charge in [-0.15, -0.1) is 0 Å². The Morgan fingerprint density at radius 2 is 1.93 bits per heavy atom. The first-order valence-electron chi connectivity index (χ1n) is 8.12. The van der Waals surface area contributed by atoms with E-state index in [1.165, 1.54) is 0 Å². The van der Waals surface area contributed by atoms with Crippen molar-refractivity contribution >= 4 is 45.6 Å². The van der Waals surface area contributed by atoms with Gasteiger partial charge >= 0.3 is 0 Å². The van der Waals surface area contributed by atoms with E-state index in [1.54, 1.807) is 30.5 Å². The number of benzene rings is 2. The second-order valence-corrected chi connectivity index (χ2v) is 6.38. The lowest BCUT2D eigenvalue weighted by Gasteiger charge is -2.06. The first kappa shape index (κ1) is 15.6. The number of oxazole rings is 1. The molecule has 8 heteroatoms. The first-order valence-corrected chi connectivity index (χ1v) is 8.85. The molecule has 0 spiro atoms. The maximum atomic E-state index is 12.6. The number of rotatable bonds is 3. The number of pyridine rings is 1. The molecule has 7 nitrogen and oxygen atoms in total. The average molecular weight is 373 g/mol. The van der Waals surface area contributed by atoms with Crippen LogP contribution in [0.5, 0.6) is 0 Å². The molecule has 130 valence electrons. The van der Waals surface area contributed by atoms with Gasteiger partial charge in [-0.1, -0.05) is 6.07 Å². The molecule has 0 saturated heterocycles. The maximum Gasteiger partial charge on any atom is 0.255 e. The summed E-state index contributed by atoms with van der Waals surface area (Å²) in [4.78, 5) is 21.1. The Morgan fingerprint density at radius 3 is 2.85 bits per heavy atom. The summed E-state index contributed by atoms with van der Waals surface area (Å²) < 4.78 is 14.0. The fourth-order valence-electron chi connectivity index (χ4n) is 2.75. The zero-order valence-electron chi connectivity index (χ0n) is 13.8. The number of hydrogen-bond acceptors (Lipinski definition) is 7. The van der Waals surface area contributed by atoms with Crippen LogP contribution in [-0.2, 0) is 0 Å². The summed E-state index contributed by atoms with van der Waals surface area (Å²) in [6, 6.07) is 16.2. The molecule has 0 bridgehead atoms. The first-order chi connectivity index (χ1) is 13.3. The van der Waals surface area contributed by atoms with Gasteiger partial charge in [0.1, 0.15) is 11.0 Å². The van der Waals surface area contributed by atoms with Crippen LogP contribution in [0.25, 0.3) is 33.7 Å². The van der Waals surface area contributed by atoms with Crippen LogP contribution < -0.4 is 5.32 Å². The van der Waals surface area contributed by atoms with E-state index < -0.39 is 0 Å². The molecule has 1 amide bonds. The molecule has 0 aliphatic rings. The van der Waals surface area contributed by atoms with E-state index in [0.717, 1.165) is 22.8 Å². The number of nitrogens with one attached hydrogen (secondary N) is 1. The van der Waals surface area contributed by atoms with Gasteiger partial charge in [-0.25, -0.2) is 4.98 Å². The third-order valence-electron chi connectivity index (χ3n) is 4.05. The quantitative estimate of drug-likeness (QED) is 0.511. The van der Waals surface area contributed by atoms with Crippen molar-refractivity contribution in [1.82, 2.24) is 18.7 Å². The number of nitrogens with zero attached hydrogens (tertiary/aromatic N) is 4. The zero-order valence-corrected chi connectivity index (χ0v) is 14.6. The lowest BCUT2D eigenvalue weighted by atomic mass is 10.1. The molecule has 2 aromatic carbocycles. The minimum atomic E-state index is -0.221. The number of carbonyl (C=O) groups excluding carboxylic acids is 1. The lowest BCUT2D eigenvalue weighted by molar-refractivity contribution is 0.102. The molecule has 27 heavy (non-hydrogen) atoms. The molecule has 0 aliphatic heterocycles. The van der Waals surface area contributed by atoms with Crippen molar-refractivity contribution < 1.29 is 9.21 Å². The predicted octanol–water partition coefficient (Wildman–Crippen LogP) is 4.15. The second-order valence-electron chi connectivity index (χ2n) is 5.85. The molecule has 5 rings (SSSR count). The van der Waals surface area contributed by atoms with Crippen molar-refractivity contribution in [2.24, 2.45) is 0 Å². The van der Waals surface area contributed by atoms with Crippen LogP contribution in [0, 0.1) is 0 Å². The molecular formula is C19H11N5O2S. The van der Waals surface area contributed by atoms with Crippen molar-refractivity contribution in [3.8, 4) is 11.5 Å².